The molecule has 0 nitrogen and oxygen atoms in total. The molecule has 0 aliphatic heterocycles. The molecule has 31 heavy (non-hydrogen) atoms. The van der Waals surface area contributed by atoms with E-state index in [9.17, 15) is 1.37 Å². The predicted octanol–water partition coefficient (Wildman–Crippen LogP) is 8.33. The second-order valence-electron chi connectivity index (χ2n) is 8.06. The number of hydrogen-bond acceptors (Lipinski definition) is 0. The first-order valence-electron chi connectivity index (χ1n) is 11.2. The van der Waals surface area contributed by atoms with E-state index in [1.807, 2.05) is 0 Å². The Morgan fingerprint density at radius 3 is 0.968 bits per heavy atom. The minimum Gasteiger partial charge on any atom is -0.0616 e. The van der Waals surface area contributed by atoms with E-state index < -0.39 is 5.89 Å². The summed E-state index contributed by atoms with van der Waals surface area (Å²) in [7, 11) is 0. The van der Waals surface area contributed by atoms with Crippen LogP contribution in [0.5, 0.6) is 0 Å². The number of benzene rings is 6. The van der Waals surface area contributed by atoms with Gasteiger partial charge in [-0.1, -0.05) is 127 Å². The van der Waals surface area contributed by atoms with Crippen molar-refractivity contribution >= 4 is 32.3 Å². The van der Waals surface area contributed by atoms with Gasteiger partial charge in [0, 0.05) is 7.26 Å². The van der Waals surface area contributed by atoms with E-state index in [2.05, 4.69) is 127 Å². The molecule has 6 rings (SSSR count). The number of hydrogen-bond donors (Lipinski definition) is 0. The molecular weight excluding hydrogens is 372 g/mol. The van der Waals surface area contributed by atoms with Gasteiger partial charge in [-0.05, 0) is 49.0 Å². The van der Waals surface area contributed by atoms with Crippen LogP contribution in [0.3, 0.4) is 0 Å². The summed E-state index contributed by atoms with van der Waals surface area (Å²) in [5, 5.41) is 7.04. The van der Waals surface area contributed by atoms with Crippen molar-refractivity contribution in [3.63, 3.8) is 0 Å². The minimum atomic E-state index is -1.03. The maximum absolute atomic E-state index is 9.97. The van der Waals surface area contributed by atoms with Gasteiger partial charge in [0.05, 0.1) is 0 Å². The van der Waals surface area contributed by atoms with E-state index in [1.165, 1.54) is 16.2 Å². The van der Waals surface area contributed by atoms with Crippen molar-refractivity contribution in [3.05, 3.63) is 144 Å². The Morgan fingerprint density at radius 1 is 0.355 bits per heavy atom. The van der Waals surface area contributed by atoms with Crippen molar-refractivity contribution in [3.8, 4) is 0 Å². The van der Waals surface area contributed by atoms with Gasteiger partial charge in [0.15, 0.2) is 0 Å². The standard InChI is InChI=1S/C31H22/c1-4-10-25-19-28(16-13-22(25)7-1)31(29-17-14-23-8-2-5-11-26(23)20-29)30-18-15-24-9-3-6-12-27(24)21-30/h1-21,31H/i31D. The largest absolute Gasteiger partial charge is 0.0616 e. The van der Waals surface area contributed by atoms with Crippen LogP contribution in [0.4, 0.5) is 0 Å². The van der Waals surface area contributed by atoms with Crippen molar-refractivity contribution in [2.24, 2.45) is 0 Å². The average molecular weight is 396 g/mol. The molecule has 0 atom stereocenters. The van der Waals surface area contributed by atoms with Crippen molar-refractivity contribution in [1.82, 2.24) is 0 Å². The molecule has 6 aromatic carbocycles. The van der Waals surface area contributed by atoms with E-state index in [1.54, 1.807) is 0 Å². The van der Waals surface area contributed by atoms with Gasteiger partial charge in [-0.15, -0.1) is 0 Å². The fraction of sp³-hybridized carbons (Fsp3) is 0.0323. The van der Waals surface area contributed by atoms with Crippen LogP contribution >= 0.6 is 0 Å². The molecule has 0 radical (unpaired) electrons. The zero-order valence-corrected chi connectivity index (χ0v) is 17.1. The molecule has 0 N–H and O–H groups in total. The number of rotatable bonds is 3. The lowest BCUT2D eigenvalue weighted by molar-refractivity contribution is 0.986. The molecule has 0 aliphatic carbocycles. The molecule has 6 aromatic rings. The van der Waals surface area contributed by atoms with E-state index in [0.717, 1.165) is 32.8 Å². The summed E-state index contributed by atoms with van der Waals surface area (Å²) in [6, 6.07) is 44.4. The van der Waals surface area contributed by atoms with Crippen molar-refractivity contribution in [2.75, 3.05) is 0 Å². The summed E-state index contributed by atoms with van der Waals surface area (Å²) in [5.41, 5.74) is 2.92. The molecule has 0 amide bonds. The van der Waals surface area contributed by atoms with Gasteiger partial charge < -0.3 is 0 Å². The Bertz CT molecular complexity index is 1400. The Hall–Kier alpha value is -3.90. The lowest BCUT2D eigenvalue weighted by Gasteiger charge is -2.21. The van der Waals surface area contributed by atoms with E-state index in [-0.39, 0.29) is 0 Å². The summed E-state index contributed by atoms with van der Waals surface area (Å²) < 4.78 is 9.97. The molecule has 0 bridgehead atoms. The first-order valence-corrected chi connectivity index (χ1v) is 10.7. The van der Waals surface area contributed by atoms with Crippen molar-refractivity contribution in [1.29, 1.82) is 0 Å². The first-order chi connectivity index (χ1) is 15.7. The molecule has 0 heterocycles. The monoisotopic (exact) mass is 395 g/mol. The third-order valence-electron chi connectivity index (χ3n) is 6.11. The average Bonchev–Trinajstić information content (AvgIpc) is 2.87. The maximum atomic E-state index is 9.97. The molecule has 0 aromatic heterocycles. The van der Waals surface area contributed by atoms with Gasteiger partial charge in [-0.2, -0.15) is 0 Å². The van der Waals surface area contributed by atoms with Crippen LogP contribution in [0.15, 0.2) is 127 Å². The Labute approximate surface area is 183 Å². The van der Waals surface area contributed by atoms with Crippen LogP contribution in [0.2, 0.25) is 0 Å². The molecule has 0 aliphatic rings. The molecule has 0 spiro atoms. The van der Waals surface area contributed by atoms with Crippen LogP contribution in [0.1, 0.15) is 24.0 Å². The van der Waals surface area contributed by atoms with Gasteiger partial charge in [0.2, 0.25) is 0 Å². The van der Waals surface area contributed by atoms with Crippen molar-refractivity contribution < 1.29 is 1.37 Å². The third-order valence-corrected chi connectivity index (χ3v) is 6.11. The van der Waals surface area contributed by atoms with Gasteiger partial charge in [-0.3, -0.25) is 0 Å². The fourth-order valence-corrected chi connectivity index (χ4v) is 4.53. The normalized spacial score (nSPS) is 12.3. The summed E-state index contributed by atoms with van der Waals surface area (Å²) in [6.07, 6.45) is 0. The SMILES string of the molecule is [2H]C(c1ccc2ccccc2c1)(c1ccc2ccccc2c1)c1ccc2ccccc2c1. The van der Waals surface area contributed by atoms with Crippen LogP contribution in [-0.4, -0.2) is 0 Å². The highest BCUT2D eigenvalue weighted by Crippen LogP contribution is 2.36. The Morgan fingerprint density at radius 2 is 0.645 bits per heavy atom. The van der Waals surface area contributed by atoms with Crippen LogP contribution in [-0.2, 0) is 0 Å². The highest BCUT2D eigenvalue weighted by atomic mass is 14.2. The molecule has 0 fully saturated rings. The molecule has 146 valence electrons. The molecular formula is C31H22. The smallest absolute Gasteiger partial charge is 0.0452 e. The quantitative estimate of drug-likeness (QED) is 0.264. The Balaban J connectivity index is 1.65. The third kappa shape index (κ3) is 3.27. The second-order valence-corrected chi connectivity index (χ2v) is 8.06. The predicted molar refractivity (Wildman–Crippen MR) is 133 cm³/mol. The van der Waals surface area contributed by atoms with Crippen LogP contribution < -0.4 is 0 Å². The maximum Gasteiger partial charge on any atom is 0.0452 e. The summed E-state index contributed by atoms with van der Waals surface area (Å²) in [4.78, 5) is 0. The van der Waals surface area contributed by atoms with Gasteiger partial charge in [0.1, 0.15) is 0 Å². The Kier molecular flexibility index (Phi) is 4.03. The molecule has 0 saturated carbocycles. The highest BCUT2D eigenvalue weighted by molar-refractivity contribution is 5.86. The molecule has 0 saturated heterocycles. The molecule has 0 heteroatoms. The van der Waals surface area contributed by atoms with Crippen LogP contribution in [0.25, 0.3) is 32.3 Å². The number of fused-ring (bicyclic) bond motifs is 3. The topological polar surface area (TPSA) is 0 Å². The molecule has 0 unspecified atom stereocenters. The second kappa shape index (κ2) is 7.41. The minimum absolute atomic E-state index is 0.974. The van der Waals surface area contributed by atoms with Gasteiger partial charge >= 0.3 is 0 Å². The van der Waals surface area contributed by atoms with Crippen LogP contribution in [0, 0.1) is 0 Å². The van der Waals surface area contributed by atoms with E-state index in [4.69, 9.17) is 0 Å². The highest BCUT2D eigenvalue weighted by Gasteiger charge is 2.18. The van der Waals surface area contributed by atoms with E-state index >= 15 is 0 Å². The summed E-state index contributed by atoms with van der Waals surface area (Å²) in [5.74, 6) is -1.03. The summed E-state index contributed by atoms with van der Waals surface area (Å²) in [6.45, 7) is 0. The zero-order valence-electron chi connectivity index (χ0n) is 18.1. The van der Waals surface area contributed by atoms with Crippen molar-refractivity contribution in [2.45, 2.75) is 5.89 Å². The van der Waals surface area contributed by atoms with Gasteiger partial charge in [0.25, 0.3) is 0 Å². The zero-order chi connectivity index (χ0) is 21.5. The summed E-state index contributed by atoms with van der Waals surface area (Å²) >= 11 is 0. The fourth-order valence-electron chi connectivity index (χ4n) is 4.53. The van der Waals surface area contributed by atoms with Gasteiger partial charge in [-0.25, -0.2) is 0 Å². The lowest BCUT2D eigenvalue weighted by atomic mass is 9.83. The van der Waals surface area contributed by atoms with E-state index in [0.29, 0.717) is 0 Å². The lowest BCUT2D eigenvalue weighted by Crippen LogP contribution is -2.03. The first kappa shape index (κ1) is 16.8.